The lowest BCUT2D eigenvalue weighted by Gasteiger charge is -2.16. The highest BCUT2D eigenvalue weighted by Gasteiger charge is 2.12. The maximum Gasteiger partial charge on any atom is 0.207 e. The van der Waals surface area contributed by atoms with E-state index in [2.05, 4.69) is 28.0 Å². The molecule has 0 aliphatic heterocycles. The van der Waals surface area contributed by atoms with Gasteiger partial charge in [0.05, 0.1) is 18.3 Å². The molecule has 0 aliphatic carbocycles. The van der Waals surface area contributed by atoms with Gasteiger partial charge < -0.3 is 14.6 Å². The van der Waals surface area contributed by atoms with Gasteiger partial charge in [-0.2, -0.15) is 0 Å². The zero-order chi connectivity index (χ0) is 13.7. The third-order valence-electron chi connectivity index (χ3n) is 2.92. The largest absolute Gasteiger partial charge is 0.380 e. The number of imidazole rings is 1. The third-order valence-corrected chi connectivity index (χ3v) is 2.92. The number of hydrogen-bond donors (Lipinski definition) is 1. The summed E-state index contributed by atoms with van der Waals surface area (Å²) in [5.74, 6) is 0.857. The van der Waals surface area contributed by atoms with E-state index in [1.807, 2.05) is 44.2 Å². The van der Waals surface area contributed by atoms with Crippen LogP contribution < -0.4 is 5.32 Å². The fraction of sp³-hybridized carbons (Fsp3) is 0.400. The summed E-state index contributed by atoms with van der Waals surface area (Å²) >= 11 is 0. The zero-order valence-electron chi connectivity index (χ0n) is 11.8. The van der Waals surface area contributed by atoms with Crippen LogP contribution in [0.25, 0.3) is 0 Å². The molecule has 2 aromatic rings. The predicted molar refractivity (Wildman–Crippen MR) is 77.9 cm³/mol. The van der Waals surface area contributed by atoms with E-state index in [-0.39, 0.29) is 6.04 Å². The Morgan fingerprint density at radius 2 is 2.05 bits per heavy atom. The first-order chi connectivity index (χ1) is 9.20. The number of aryl methyl sites for hydroxylation is 1. The van der Waals surface area contributed by atoms with Gasteiger partial charge in [-0.1, -0.05) is 18.2 Å². The van der Waals surface area contributed by atoms with E-state index in [1.54, 1.807) is 0 Å². The molecule has 1 aromatic heterocycles. The van der Waals surface area contributed by atoms with Crippen molar-refractivity contribution >= 4 is 11.6 Å². The molecule has 0 spiro atoms. The molecule has 1 atom stereocenters. The summed E-state index contributed by atoms with van der Waals surface area (Å²) in [5.41, 5.74) is 2.04. The van der Waals surface area contributed by atoms with Gasteiger partial charge in [-0.25, -0.2) is 4.98 Å². The molecular weight excluding hydrogens is 238 g/mol. The molecule has 19 heavy (non-hydrogen) atoms. The number of para-hydroxylation sites is 1. The van der Waals surface area contributed by atoms with Crippen molar-refractivity contribution in [3.05, 3.63) is 42.2 Å². The van der Waals surface area contributed by atoms with Crippen LogP contribution in [0.2, 0.25) is 0 Å². The Labute approximate surface area is 114 Å². The molecule has 1 unspecified atom stereocenters. The molecule has 102 valence electrons. The Balaban J connectivity index is 2.16. The van der Waals surface area contributed by atoms with Gasteiger partial charge >= 0.3 is 0 Å². The smallest absolute Gasteiger partial charge is 0.207 e. The highest BCUT2D eigenvalue weighted by Crippen LogP contribution is 2.20. The van der Waals surface area contributed by atoms with Crippen molar-refractivity contribution < 1.29 is 4.74 Å². The molecular formula is C15H21N3O. The van der Waals surface area contributed by atoms with Gasteiger partial charge in [0, 0.05) is 18.5 Å². The quantitative estimate of drug-likeness (QED) is 0.862. The minimum atomic E-state index is 0.257. The molecule has 0 amide bonds. The number of hydrogen-bond acceptors (Lipinski definition) is 3. The van der Waals surface area contributed by atoms with Gasteiger partial charge in [0.1, 0.15) is 0 Å². The van der Waals surface area contributed by atoms with E-state index < -0.39 is 0 Å². The lowest BCUT2D eigenvalue weighted by atomic mass is 10.3. The number of nitrogens with zero attached hydrogens (tertiary/aromatic N) is 2. The van der Waals surface area contributed by atoms with Crippen LogP contribution in [0.4, 0.5) is 11.6 Å². The summed E-state index contributed by atoms with van der Waals surface area (Å²) in [6.45, 7) is 7.57. The van der Waals surface area contributed by atoms with Crippen molar-refractivity contribution in [2.45, 2.75) is 26.8 Å². The van der Waals surface area contributed by atoms with E-state index in [0.717, 1.165) is 23.9 Å². The number of nitrogens with one attached hydrogen (secondary N) is 1. The van der Waals surface area contributed by atoms with E-state index >= 15 is 0 Å². The highest BCUT2D eigenvalue weighted by molar-refractivity contribution is 5.53. The van der Waals surface area contributed by atoms with Crippen molar-refractivity contribution in [1.82, 2.24) is 9.55 Å². The molecule has 2 rings (SSSR count). The normalized spacial score (nSPS) is 12.4. The lowest BCUT2D eigenvalue weighted by Crippen LogP contribution is -2.13. The molecule has 1 heterocycles. The average molecular weight is 259 g/mol. The van der Waals surface area contributed by atoms with Crippen LogP contribution in [-0.4, -0.2) is 22.8 Å². The Hall–Kier alpha value is -1.81. The number of anilines is 2. The summed E-state index contributed by atoms with van der Waals surface area (Å²) in [5, 5.41) is 3.35. The minimum Gasteiger partial charge on any atom is -0.380 e. The van der Waals surface area contributed by atoms with Crippen LogP contribution in [0.15, 0.2) is 36.5 Å². The van der Waals surface area contributed by atoms with Gasteiger partial charge in [-0.3, -0.25) is 0 Å². The zero-order valence-corrected chi connectivity index (χ0v) is 11.8. The Morgan fingerprint density at radius 3 is 2.74 bits per heavy atom. The first-order valence-electron chi connectivity index (χ1n) is 6.66. The van der Waals surface area contributed by atoms with Crippen molar-refractivity contribution in [1.29, 1.82) is 0 Å². The molecule has 0 radical (unpaired) electrons. The second kappa shape index (κ2) is 6.38. The number of rotatable bonds is 6. The molecule has 0 saturated heterocycles. The monoisotopic (exact) mass is 259 g/mol. The summed E-state index contributed by atoms with van der Waals surface area (Å²) < 4.78 is 7.61. The molecule has 0 fully saturated rings. The molecule has 0 aliphatic rings. The average Bonchev–Trinajstić information content (AvgIpc) is 2.78. The second-order valence-corrected chi connectivity index (χ2v) is 4.61. The molecule has 0 saturated carbocycles. The van der Waals surface area contributed by atoms with Crippen molar-refractivity contribution in [3.8, 4) is 0 Å². The standard InChI is InChI=1S/C15H21N3O/c1-4-19-11-13(3)18-10-12(2)16-15(18)17-14-8-6-5-7-9-14/h5-10,13H,4,11H2,1-3H3,(H,16,17). The topological polar surface area (TPSA) is 39.1 Å². The van der Waals surface area contributed by atoms with Crippen LogP contribution in [0.5, 0.6) is 0 Å². The first-order valence-corrected chi connectivity index (χ1v) is 6.66. The van der Waals surface area contributed by atoms with Crippen molar-refractivity contribution in [2.24, 2.45) is 0 Å². The Morgan fingerprint density at radius 1 is 1.32 bits per heavy atom. The van der Waals surface area contributed by atoms with E-state index in [0.29, 0.717) is 6.61 Å². The summed E-state index contributed by atoms with van der Waals surface area (Å²) in [6, 6.07) is 10.3. The maximum absolute atomic E-state index is 5.49. The van der Waals surface area contributed by atoms with Gasteiger partial charge in [-0.15, -0.1) is 0 Å². The second-order valence-electron chi connectivity index (χ2n) is 4.61. The molecule has 4 nitrogen and oxygen atoms in total. The maximum atomic E-state index is 5.49. The summed E-state index contributed by atoms with van der Waals surface area (Å²) in [7, 11) is 0. The lowest BCUT2D eigenvalue weighted by molar-refractivity contribution is 0.119. The van der Waals surface area contributed by atoms with Gasteiger partial charge in [0.15, 0.2) is 0 Å². The van der Waals surface area contributed by atoms with E-state index in [4.69, 9.17) is 4.74 Å². The minimum absolute atomic E-state index is 0.257. The van der Waals surface area contributed by atoms with Crippen LogP contribution in [0.1, 0.15) is 25.6 Å². The van der Waals surface area contributed by atoms with Crippen LogP contribution in [0, 0.1) is 6.92 Å². The third kappa shape index (κ3) is 3.58. The summed E-state index contributed by atoms with van der Waals surface area (Å²) in [6.07, 6.45) is 2.05. The number of aromatic nitrogens is 2. The predicted octanol–water partition coefficient (Wildman–Crippen LogP) is 3.53. The van der Waals surface area contributed by atoms with Crippen LogP contribution in [-0.2, 0) is 4.74 Å². The first kappa shape index (κ1) is 13.6. The number of ether oxygens (including phenoxy) is 1. The van der Waals surface area contributed by atoms with Gasteiger partial charge in [0.25, 0.3) is 0 Å². The van der Waals surface area contributed by atoms with Crippen molar-refractivity contribution in [3.63, 3.8) is 0 Å². The van der Waals surface area contributed by atoms with E-state index in [9.17, 15) is 0 Å². The number of benzene rings is 1. The van der Waals surface area contributed by atoms with E-state index in [1.165, 1.54) is 0 Å². The van der Waals surface area contributed by atoms with Crippen LogP contribution >= 0.6 is 0 Å². The SMILES string of the molecule is CCOCC(C)n1cc(C)nc1Nc1ccccc1. The van der Waals surface area contributed by atoms with Crippen LogP contribution in [0.3, 0.4) is 0 Å². The highest BCUT2D eigenvalue weighted by atomic mass is 16.5. The fourth-order valence-corrected chi connectivity index (χ4v) is 1.96. The Bertz CT molecular complexity index is 507. The molecule has 4 heteroatoms. The van der Waals surface area contributed by atoms with Gasteiger partial charge in [-0.05, 0) is 32.9 Å². The van der Waals surface area contributed by atoms with Gasteiger partial charge in [0.2, 0.25) is 5.95 Å². The molecule has 0 bridgehead atoms. The summed E-state index contributed by atoms with van der Waals surface area (Å²) in [4.78, 5) is 4.53. The van der Waals surface area contributed by atoms with Crippen molar-refractivity contribution in [2.75, 3.05) is 18.5 Å². The Kier molecular flexibility index (Phi) is 4.58. The molecule has 1 aromatic carbocycles. The molecule has 1 N–H and O–H groups in total. The fourth-order valence-electron chi connectivity index (χ4n) is 1.96.